The monoisotopic (exact) mass is 656 g/mol. The van der Waals surface area contributed by atoms with Crippen molar-refractivity contribution in [2.45, 2.75) is 0 Å². The summed E-state index contributed by atoms with van der Waals surface area (Å²) in [5.41, 5.74) is -9.23. The summed E-state index contributed by atoms with van der Waals surface area (Å²) in [5.74, 6) is 0. The van der Waals surface area contributed by atoms with Crippen LogP contribution in [0.1, 0.15) is 39.8 Å². The lowest BCUT2D eigenvalue weighted by molar-refractivity contribution is 0.669. The maximum absolute atomic E-state index is 10.3. The van der Waals surface area contributed by atoms with Gasteiger partial charge in [0.05, 0.1) is 51.1 Å². The van der Waals surface area contributed by atoms with E-state index >= 15 is 0 Å². The second-order valence-corrected chi connectivity index (χ2v) is 10.3. The lowest BCUT2D eigenvalue weighted by atomic mass is 9.99. The fourth-order valence-electron chi connectivity index (χ4n) is 5.52. The van der Waals surface area contributed by atoms with Gasteiger partial charge >= 0.3 is 0 Å². The summed E-state index contributed by atoms with van der Waals surface area (Å²) in [7, 11) is 0. The molecule has 0 atom stereocenters. The molecule has 0 bridgehead atoms. The molecule has 0 saturated carbocycles. The quantitative estimate of drug-likeness (QED) is 0.185. The zero-order valence-corrected chi connectivity index (χ0v) is 24.3. The predicted molar refractivity (Wildman–Crippen MR) is 204 cm³/mol. The molecule has 0 N–H and O–H groups in total. The molecule has 0 unspecified atom stereocenters. The van der Waals surface area contributed by atoms with Crippen molar-refractivity contribution in [3.05, 3.63) is 175 Å². The number of hydrogen-bond donors (Lipinski definition) is 0. The van der Waals surface area contributed by atoms with Gasteiger partial charge in [0.15, 0.2) is 5.58 Å². The number of rotatable bonds is 5. The number of furan rings is 2. The zero-order chi connectivity index (χ0) is 57.5. The van der Waals surface area contributed by atoms with Gasteiger partial charge in [0, 0.05) is 43.6 Å². The van der Waals surface area contributed by atoms with Gasteiger partial charge in [-0.2, -0.15) is 0 Å². The second-order valence-electron chi connectivity index (χ2n) is 10.3. The zero-order valence-electron chi connectivity index (χ0n) is 53.3. The largest absolute Gasteiger partial charge is 0.455 e. The molecule has 2 aromatic heterocycles. The van der Waals surface area contributed by atoms with Gasteiger partial charge in [-0.1, -0.05) is 145 Å². The topological polar surface area (TPSA) is 29.5 Å². The molecular weight excluding hydrogens is 599 g/mol. The Hall–Kier alpha value is -6.58. The Balaban J connectivity index is 1.53. The Morgan fingerprint density at radius 2 is 0.939 bits per heavy atom. The van der Waals surface area contributed by atoms with E-state index in [4.69, 9.17) is 34.9 Å². The number of nitrogens with zero attached hydrogens (tertiary/aromatic N) is 1. The van der Waals surface area contributed by atoms with Crippen LogP contribution in [0.15, 0.2) is 184 Å². The molecule has 0 spiro atoms. The van der Waals surface area contributed by atoms with E-state index < -0.39 is 269 Å². The van der Waals surface area contributed by atoms with E-state index in [0.29, 0.717) is 4.90 Å². The van der Waals surface area contributed by atoms with Gasteiger partial charge in [-0.3, -0.25) is 0 Å². The molecule has 3 heteroatoms. The van der Waals surface area contributed by atoms with Crippen molar-refractivity contribution in [1.29, 1.82) is 0 Å². The molecule has 0 radical (unpaired) electrons. The number of benzene rings is 8. The van der Waals surface area contributed by atoms with Crippen LogP contribution < -0.4 is 4.90 Å². The van der Waals surface area contributed by atoms with E-state index in [2.05, 4.69) is 0 Å². The van der Waals surface area contributed by atoms with Crippen molar-refractivity contribution in [3.8, 4) is 22.3 Å². The van der Waals surface area contributed by atoms with Gasteiger partial charge in [0.25, 0.3) is 0 Å². The first-order chi connectivity index (χ1) is 36.4. The van der Waals surface area contributed by atoms with Crippen LogP contribution in [0.25, 0.3) is 76.9 Å². The third-order valence-corrected chi connectivity index (χ3v) is 7.61. The van der Waals surface area contributed by atoms with Crippen LogP contribution in [0.2, 0.25) is 0 Å². The summed E-state index contributed by atoms with van der Waals surface area (Å²) in [6, 6.07) is -28.6. The summed E-state index contributed by atoms with van der Waals surface area (Å²) in [4.78, 5) is 0.497. The Kier molecular flexibility index (Phi) is 2.53. The van der Waals surface area contributed by atoms with E-state index in [1.54, 1.807) is 0 Å². The predicted octanol–water partition coefficient (Wildman–Crippen LogP) is 13.4. The number of para-hydroxylation sites is 3. The normalized spacial score (nSPS) is 20.0. The van der Waals surface area contributed by atoms with Crippen LogP contribution >= 0.6 is 0 Å². The highest BCUT2D eigenvalue weighted by molar-refractivity contribution is 6.22. The maximum Gasteiger partial charge on any atom is 0.159 e. The molecule has 10 aromatic rings. The average Bonchev–Trinajstić information content (AvgIpc) is 4.16. The smallest absolute Gasteiger partial charge is 0.159 e. The highest BCUT2D eigenvalue weighted by atomic mass is 16.3. The van der Waals surface area contributed by atoms with Gasteiger partial charge < -0.3 is 13.7 Å². The summed E-state index contributed by atoms with van der Waals surface area (Å²) in [6.07, 6.45) is 0. The molecular formula is C46H29NO2. The Morgan fingerprint density at radius 3 is 1.71 bits per heavy atom. The highest BCUT2D eigenvalue weighted by Gasteiger charge is 2.24. The van der Waals surface area contributed by atoms with Crippen LogP contribution in [0.4, 0.5) is 17.1 Å². The fraction of sp³-hybridized carbons (Fsp3) is 0. The molecule has 2 heterocycles. The standard InChI is InChI=1S/C46H29NO2/c1-3-13-30(14-4-1)31-25-27-33(28-26-31)47(41-23-12-22-38-36-18-9-10-24-43(36)48-46(38)41)42-29-40-39-21-11-20-34(32-15-5-2-6-16-32)44(39)49-45(40)37-19-8-7-17-35(37)42/h1-29H/i1D,2D,3D,4D,5D,6D,7D,8D,9D,10D,11D,12D,13D,14D,15D,16D,17D,18D,19D,20D,21D,22D,23D,24D,25D,26D,27D,28D,29D. The summed E-state index contributed by atoms with van der Waals surface area (Å²) >= 11 is 0. The third-order valence-electron chi connectivity index (χ3n) is 7.61. The minimum Gasteiger partial charge on any atom is -0.455 e. The Bertz CT molecular complexity index is 4420. The van der Waals surface area contributed by atoms with E-state index in [1.165, 1.54) is 0 Å². The third kappa shape index (κ3) is 4.37. The number of anilines is 3. The lowest BCUT2D eigenvalue weighted by Crippen LogP contribution is -2.11. The first-order valence-corrected chi connectivity index (χ1v) is 14.2. The molecule has 10 rings (SSSR count). The fourth-order valence-corrected chi connectivity index (χ4v) is 5.52. The van der Waals surface area contributed by atoms with Gasteiger partial charge in [0.2, 0.25) is 0 Å². The van der Waals surface area contributed by atoms with Crippen LogP contribution in [0.5, 0.6) is 0 Å². The van der Waals surface area contributed by atoms with E-state index in [1.807, 2.05) is 0 Å². The summed E-state index contributed by atoms with van der Waals surface area (Å²) in [6.45, 7) is 0. The minimum absolute atomic E-state index is 0.497. The Labute approximate surface area is 323 Å². The molecule has 0 aliphatic rings. The summed E-state index contributed by atoms with van der Waals surface area (Å²) < 4.78 is 272. The van der Waals surface area contributed by atoms with E-state index in [9.17, 15) is 13.7 Å². The number of fused-ring (bicyclic) bond motifs is 8. The molecule has 230 valence electrons. The first-order valence-electron chi connectivity index (χ1n) is 28.7. The molecule has 3 nitrogen and oxygen atoms in total. The van der Waals surface area contributed by atoms with E-state index in [0.717, 1.165) is 0 Å². The Morgan fingerprint density at radius 1 is 0.367 bits per heavy atom. The van der Waals surface area contributed by atoms with Crippen molar-refractivity contribution < 1.29 is 48.6 Å². The molecule has 49 heavy (non-hydrogen) atoms. The van der Waals surface area contributed by atoms with Crippen molar-refractivity contribution >= 4 is 71.7 Å². The van der Waals surface area contributed by atoms with Crippen LogP contribution in [0, 0.1) is 0 Å². The van der Waals surface area contributed by atoms with Gasteiger partial charge in [-0.15, -0.1) is 0 Å². The summed E-state index contributed by atoms with van der Waals surface area (Å²) in [5, 5.41) is -4.14. The minimum atomic E-state index is -1.24. The van der Waals surface area contributed by atoms with Crippen molar-refractivity contribution in [2.24, 2.45) is 0 Å². The second kappa shape index (κ2) is 11.0. The SMILES string of the molecule is [2H]c1c([2H])c([2H])c(-c2c([2H])c([2H])c(N(c3c([2H])c([2H])c([2H])c4c3oc3c([2H])c([2H])c([2H])c([2H])c34)c3c([2H])c4c(oc5c(-c6c([2H])c([2H])c([2H])c([2H])c6[2H])c([2H])c([2H])c([2H])c54)c4c([2H])c([2H])c([2H])c([2H])c34)c([2H])c2[2H])c([2H])c1[2H]. The molecule has 0 aliphatic heterocycles. The molecule has 0 fully saturated rings. The van der Waals surface area contributed by atoms with Crippen LogP contribution in [0.3, 0.4) is 0 Å². The van der Waals surface area contributed by atoms with Crippen LogP contribution in [-0.4, -0.2) is 0 Å². The molecule has 8 aromatic carbocycles. The highest BCUT2D eigenvalue weighted by Crippen LogP contribution is 2.48. The van der Waals surface area contributed by atoms with E-state index in [-0.39, 0.29) is 0 Å². The van der Waals surface area contributed by atoms with Gasteiger partial charge in [0.1, 0.15) is 16.7 Å². The van der Waals surface area contributed by atoms with Crippen molar-refractivity contribution in [2.75, 3.05) is 4.90 Å². The van der Waals surface area contributed by atoms with Crippen molar-refractivity contribution in [3.63, 3.8) is 0 Å². The number of hydrogen-bond acceptors (Lipinski definition) is 3. The lowest BCUT2D eigenvalue weighted by Gasteiger charge is -2.27. The van der Waals surface area contributed by atoms with Gasteiger partial charge in [-0.05, 0) is 46.9 Å². The first kappa shape index (κ1) is 11.3. The van der Waals surface area contributed by atoms with Crippen LogP contribution in [-0.2, 0) is 0 Å². The van der Waals surface area contributed by atoms with Gasteiger partial charge in [-0.25, -0.2) is 0 Å². The average molecular weight is 657 g/mol. The molecule has 0 amide bonds. The maximum atomic E-state index is 10.3. The van der Waals surface area contributed by atoms with Crippen molar-refractivity contribution in [1.82, 2.24) is 0 Å². The molecule has 0 aliphatic carbocycles. The molecule has 0 saturated heterocycles.